The zero-order valence-corrected chi connectivity index (χ0v) is 17.5. The molecule has 2 aromatic rings. The molecule has 0 saturated heterocycles. The Morgan fingerprint density at radius 2 is 1.66 bits per heavy atom. The molecule has 0 heterocycles. The second-order valence-electron chi connectivity index (χ2n) is 7.69. The lowest BCUT2D eigenvalue weighted by molar-refractivity contribution is -0.140. The Hall–Kier alpha value is -2.69. The fourth-order valence-electron chi connectivity index (χ4n) is 3.20. The summed E-state index contributed by atoms with van der Waals surface area (Å²) in [7, 11) is 0. The first-order valence-electron chi connectivity index (χ1n) is 10.3. The SMILES string of the molecule is CC[C@@H](C(=O)NCC(C)C)N(CCc1ccccc1)C(=O)Cc1ccc(F)cc1. The molecule has 0 bridgehead atoms. The summed E-state index contributed by atoms with van der Waals surface area (Å²) in [6.45, 7) is 7.02. The van der Waals surface area contributed by atoms with E-state index in [4.69, 9.17) is 0 Å². The Kier molecular flexibility index (Phi) is 8.84. The number of hydrogen-bond acceptors (Lipinski definition) is 2. The lowest BCUT2D eigenvalue weighted by Crippen LogP contribution is -2.51. The maximum absolute atomic E-state index is 13.2. The molecule has 4 nitrogen and oxygen atoms in total. The summed E-state index contributed by atoms with van der Waals surface area (Å²) in [4.78, 5) is 27.6. The first kappa shape index (κ1) is 22.6. The van der Waals surface area contributed by atoms with Crippen LogP contribution in [0.4, 0.5) is 4.39 Å². The quantitative estimate of drug-likeness (QED) is 0.658. The largest absolute Gasteiger partial charge is 0.354 e. The van der Waals surface area contributed by atoms with Crippen LogP contribution in [0.15, 0.2) is 54.6 Å². The van der Waals surface area contributed by atoms with Gasteiger partial charge in [0.2, 0.25) is 11.8 Å². The van der Waals surface area contributed by atoms with Crippen molar-refractivity contribution >= 4 is 11.8 Å². The molecule has 1 atom stereocenters. The molecule has 2 aromatic carbocycles. The van der Waals surface area contributed by atoms with Gasteiger partial charge in [-0.05, 0) is 42.0 Å². The smallest absolute Gasteiger partial charge is 0.242 e. The minimum Gasteiger partial charge on any atom is -0.354 e. The molecule has 1 N–H and O–H groups in total. The minimum absolute atomic E-state index is 0.123. The van der Waals surface area contributed by atoms with Gasteiger partial charge in [0.1, 0.15) is 11.9 Å². The van der Waals surface area contributed by atoms with Gasteiger partial charge in [0.25, 0.3) is 0 Å². The highest BCUT2D eigenvalue weighted by atomic mass is 19.1. The van der Waals surface area contributed by atoms with Gasteiger partial charge in [-0.15, -0.1) is 0 Å². The van der Waals surface area contributed by atoms with Crippen LogP contribution in [0.3, 0.4) is 0 Å². The summed E-state index contributed by atoms with van der Waals surface area (Å²) in [5.74, 6) is -0.244. The number of amides is 2. The highest BCUT2D eigenvalue weighted by Crippen LogP contribution is 2.13. The summed E-state index contributed by atoms with van der Waals surface area (Å²) < 4.78 is 13.2. The van der Waals surface area contributed by atoms with E-state index in [0.717, 1.165) is 11.1 Å². The van der Waals surface area contributed by atoms with E-state index in [-0.39, 0.29) is 24.1 Å². The van der Waals surface area contributed by atoms with Crippen LogP contribution in [0.1, 0.15) is 38.3 Å². The highest BCUT2D eigenvalue weighted by molar-refractivity contribution is 5.88. The fraction of sp³-hybridized carbons (Fsp3) is 0.417. The maximum atomic E-state index is 13.2. The van der Waals surface area contributed by atoms with E-state index in [1.165, 1.54) is 12.1 Å². The minimum atomic E-state index is -0.523. The van der Waals surface area contributed by atoms with Crippen LogP contribution in [-0.2, 0) is 22.4 Å². The van der Waals surface area contributed by atoms with Gasteiger partial charge in [0, 0.05) is 13.1 Å². The van der Waals surface area contributed by atoms with Gasteiger partial charge in [-0.25, -0.2) is 4.39 Å². The molecular formula is C24H31FN2O2. The summed E-state index contributed by atoms with van der Waals surface area (Å²) in [5.41, 5.74) is 1.85. The summed E-state index contributed by atoms with van der Waals surface area (Å²) >= 11 is 0. The third-order valence-electron chi connectivity index (χ3n) is 4.82. The van der Waals surface area contributed by atoms with E-state index < -0.39 is 6.04 Å². The van der Waals surface area contributed by atoms with Crippen molar-refractivity contribution in [1.82, 2.24) is 10.2 Å². The van der Waals surface area contributed by atoms with E-state index in [1.807, 2.05) is 51.1 Å². The number of rotatable bonds is 10. The van der Waals surface area contributed by atoms with E-state index in [0.29, 0.717) is 31.8 Å². The standard InChI is InChI=1S/C24H31FN2O2/c1-4-22(24(29)26-17-18(2)3)27(15-14-19-8-6-5-7-9-19)23(28)16-20-10-12-21(25)13-11-20/h5-13,18,22H,4,14-17H2,1-3H3,(H,26,29)/t22-/m0/s1. The summed E-state index contributed by atoms with van der Waals surface area (Å²) in [6.07, 6.45) is 1.35. The highest BCUT2D eigenvalue weighted by Gasteiger charge is 2.28. The molecule has 0 aliphatic heterocycles. The van der Waals surface area contributed by atoms with Crippen molar-refractivity contribution < 1.29 is 14.0 Å². The summed E-state index contributed by atoms with van der Waals surface area (Å²) in [6, 6.07) is 15.3. The first-order valence-corrected chi connectivity index (χ1v) is 10.3. The van der Waals surface area contributed by atoms with Crippen LogP contribution in [-0.4, -0.2) is 35.8 Å². The number of carbonyl (C=O) groups excluding carboxylic acids is 2. The van der Waals surface area contributed by atoms with Gasteiger partial charge in [0.05, 0.1) is 6.42 Å². The molecular weight excluding hydrogens is 367 g/mol. The zero-order chi connectivity index (χ0) is 21.2. The fourth-order valence-corrected chi connectivity index (χ4v) is 3.20. The summed E-state index contributed by atoms with van der Waals surface area (Å²) in [5, 5.41) is 2.96. The van der Waals surface area contributed by atoms with Gasteiger partial charge < -0.3 is 10.2 Å². The monoisotopic (exact) mass is 398 g/mol. The van der Waals surface area contributed by atoms with Gasteiger partial charge in [-0.2, -0.15) is 0 Å². The number of carbonyl (C=O) groups is 2. The van der Waals surface area contributed by atoms with Crippen molar-refractivity contribution in [3.8, 4) is 0 Å². The van der Waals surface area contributed by atoms with Crippen LogP contribution in [0.5, 0.6) is 0 Å². The van der Waals surface area contributed by atoms with Gasteiger partial charge >= 0.3 is 0 Å². The lowest BCUT2D eigenvalue weighted by atomic mass is 10.1. The van der Waals surface area contributed by atoms with E-state index >= 15 is 0 Å². The molecule has 5 heteroatoms. The van der Waals surface area contributed by atoms with Crippen molar-refractivity contribution in [2.24, 2.45) is 5.92 Å². The molecule has 2 amide bonds. The molecule has 0 spiro atoms. The Morgan fingerprint density at radius 3 is 2.24 bits per heavy atom. The Balaban J connectivity index is 2.16. The normalized spacial score (nSPS) is 11.9. The number of benzene rings is 2. The third kappa shape index (κ3) is 7.33. The molecule has 0 radical (unpaired) electrons. The Morgan fingerprint density at radius 1 is 1.00 bits per heavy atom. The molecule has 156 valence electrons. The van der Waals surface area contributed by atoms with E-state index in [2.05, 4.69) is 5.32 Å². The molecule has 0 aromatic heterocycles. The second-order valence-corrected chi connectivity index (χ2v) is 7.69. The second kappa shape index (κ2) is 11.3. The van der Waals surface area contributed by atoms with Crippen LogP contribution in [0, 0.1) is 11.7 Å². The zero-order valence-electron chi connectivity index (χ0n) is 17.5. The van der Waals surface area contributed by atoms with Crippen LogP contribution in [0.25, 0.3) is 0 Å². The van der Waals surface area contributed by atoms with E-state index in [1.54, 1.807) is 17.0 Å². The van der Waals surface area contributed by atoms with Crippen LogP contribution in [0.2, 0.25) is 0 Å². The van der Waals surface area contributed by atoms with Crippen molar-refractivity contribution in [1.29, 1.82) is 0 Å². The Labute approximate surface area is 173 Å². The van der Waals surface area contributed by atoms with Crippen LogP contribution >= 0.6 is 0 Å². The molecule has 0 fully saturated rings. The number of hydrogen-bond donors (Lipinski definition) is 1. The van der Waals surface area contributed by atoms with Crippen LogP contribution < -0.4 is 5.32 Å². The van der Waals surface area contributed by atoms with E-state index in [9.17, 15) is 14.0 Å². The maximum Gasteiger partial charge on any atom is 0.242 e. The Bertz CT molecular complexity index is 775. The van der Waals surface area contributed by atoms with Crippen molar-refractivity contribution in [2.75, 3.05) is 13.1 Å². The predicted octanol–water partition coefficient (Wildman–Crippen LogP) is 3.99. The number of halogens is 1. The third-order valence-corrected chi connectivity index (χ3v) is 4.82. The molecule has 29 heavy (non-hydrogen) atoms. The molecule has 2 rings (SSSR count). The van der Waals surface area contributed by atoms with Crippen molar-refractivity contribution in [2.45, 2.75) is 46.1 Å². The van der Waals surface area contributed by atoms with Gasteiger partial charge in [-0.1, -0.05) is 63.2 Å². The first-order chi connectivity index (χ1) is 13.9. The molecule has 0 aliphatic carbocycles. The average Bonchev–Trinajstić information content (AvgIpc) is 2.71. The van der Waals surface area contributed by atoms with Crippen molar-refractivity contribution in [3.63, 3.8) is 0 Å². The molecule has 0 saturated carbocycles. The predicted molar refractivity (Wildman–Crippen MR) is 114 cm³/mol. The molecule has 0 unspecified atom stereocenters. The molecule has 0 aliphatic rings. The number of nitrogens with one attached hydrogen (secondary N) is 1. The van der Waals surface area contributed by atoms with Gasteiger partial charge in [0.15, 0.2) is 0 Å². The lowest BCUT2D eigenvalue weighted by Gasteiger charge is -2.31. The topological polar surface area (TPSA) is 49.4 Å². The van der Waals surface area contributed by atoms with Gasteiger partial charge in [-0.3, -0.25) is 9.59 Å². The average molecular weight is 399 g/mol. The van der Waals surface area contributed by atoms with Crippen molar-refractivity contribution in [3.05, 3.63) is 71.5 Å². The number of nitrogens with zero attached hydrogens (tertiary/aromatic N) is 1.